The van der Waals surface area contributed by atoms with Crippen LogP contribution in [0.15, 0.2) is 12.3 Å². The summed E-state index contributed by atoms with van der Waals surface area (Å²) >= 11 is 5.44. The monoisotopic (exact) mass is 275 g/mol. The van der Waals surface area contributed by atoms with Gasteiger partial charge in [-0.15, -0.1) is 0 Å². The second-order valence-electron chi connectivity index (χ2n) is 5.08. The molecule has 0 aromatic carbocycles. The van der Waals surface area contributed by atoms with Crippen LogP contribution in [0.5, 0.6) is 0 Å². The zero-order valence-corrected chi connectivity index (χ0v) is 11.5. The number of halogens is 2. The summed E-state index contributed by atoms with van der Waals surface area (Å²) in [5.74, 6) is -0.738. The van der Waals surface area contributed by atoms with Crippen LogP contribution in [0.25, 0.3) is 0 Å². The lowest BCUT2D eigenvalue weighted by Gasteiger charge is -2.38. The Morgan fingerprint density at radius 2 is 1.94 bits per heavy atom. The van der Waals surface area contributed by atoms with Crippen molar-refractivity contribution in [2.24, 2.45) is 0 Å². The fourth-order valence-corrected chi connectivity index (χ4v) is 1.17. The first-order valence-corrected chi connectivity index (χ1v) is 5.81. The lowest BCUT2D eigenvalue weighted by Crippen LogP contribution is -2.53. The van der Waals surface area contributed by atoms with E-state index in [1.807, 2.05) is 0 Å². The summed E-state index contributed by atoms with van der Waals surface area (Å²) in [6, 6.07) is 1.04. The second-order valence-corrected chi connectivity index (χ2v) is 5.44. The molecule has 1 rings (SSSR count). The van der Waals surface area contributed by atoms with Crippen LogP contribution in [0.3, 0.4) is 0 Å². The molecule has 0 spiro atoms. The number of rotatable bonds is 4. The lowest BCUT2D eigenvalue weighted by atomic mass is 9.77. The third kappa shape index (κ3) is 3.41. The topological polar surface area (TPSA) is 62.6 Å². The Morgan fingerprint density at radius 3 is 2.39 bits per heavy atom. The van der Waals surface area contributed by atoms with E-state index in [1.54, 1.807) is 27.7 Å². The smallest absolute Gasteiger partial charge is 0.423 e. The second kappa shape index (κ2) is 5.13. The quantitative estimate of drug-likeness (QED) is 0.639. The summed E-state index contributed by atoms with van der Waals surface area (Å²) < 4.78 is 18.5. The molecule has 1 heterocycles. The molecule has 0 radical (unpaired) electrons. The molecule has 0 fully saturated rings. The molecule has 0 saturated carbocycles. The molecule has 4 nitrogen and oxygen atoms in total. The Labute approximate surface area is 111 Å². The Kier molecular flexibility index (Phi) is 4.38. The van der Waals surface area contributed by atoms with E-state index in [4.69, 9.17) is 16.3 Å². The van der Waals surface area contributed by atoms with Gasteiger partial charge in [-0.1, -0.05) is 11.6 Å². The van der Waals surface area contributed by atoms with Gasteiger partial charge in [-0.25, -0.2) is 9.37 Å². The third-order valence-electron chi connectivity index (χ3n) is 2.98. The molecule has 0 aliphatic heterocycles. The Morgan fingerprint density at radius 1 is 1.39 bits per heavy atom. The predicted octanol–water partition coefficient (Wildman–Crippen LogP) is 1.13. The summed E-state index contributed by atoms with van der Waals surface area (Å²) in [6.07, 6.45) is 1.22. The van der Waals surface area contributed by atoms with Crippen LogP contribution >= 0.6 is 11.6 Å². The Hall–Kier alpha value is -0.685. The van der Waals surface area contributed by atoms with Gasteiger partial charge >= 0.3 is 7.12 Å². The van der Waals surface area contributed by atoms with Crippen molar-refractivity contribution in [2.75, 3.05) is 0 Å². The molecular weight excluding hydrogens is 259 g/mol. The number of aliphatic hydroxyl groups is 1. The highest BCUT2D eigenvalue weighted by Gasteiger charge is 2.39. The maximum absolute atomic E-state index is 13.2. The average molecular weight is 276 g/mol. The fraction of sp³-hybridized carbons (Fsp3) is 0.545. The molecule has 0 aliphatic carbocycles. The van der Waals surface area contributed by atoms with Crippen LogP contribution in [-0.2, 0) is 4.65 Å². The number of pyridine rings is 1. The van der Waals surface area contributed by atoms with Crippen molar-refractivity contribution in [1.29, 1.82) is 0 Å². The molecule has 1 aromatic rings. The molecule has 100 valence electrons. The molecule has 0 amide bonds. The zero-order valence-electron chi connectivity index (χ0n) is 10.7. The SMILES string of the molecule is CC(C)(O)C(C)(C)OB(O)c1cnc(Cl)c(F)c1. The van der Waals surface area contributed by atoms with Gasteiger partial charge in [0.25, 0.3) is 0 Å². The van der Waals surface area contributed by atoms with Gasteiger partial charge in [-0.05, 0) is 33.8 Å². The van der Waals surface area contributed by atoms with Crippen LogP contribution in [-0.4, -0.2) is 33.4 Å². The zero-order chi connectivity index (χ0) is 14.1. The number of hydrogen-bond acceptors (Lipinski definition) is 4. The molecule has 18 heavy (non-hydrogen) atoms. The van der Waals surface area contributed by atoms with E-state index in [2.05, 4.69) is 4.98 Å². The minimum atomic E-state index is -1.40. The highest BCUT2D eigenvalue weighted by Crippen LogP contribution is 2.25. The summed E-state index contributed by atoms with van der Waals surface area (Å²) in [6.45, 7) is 6.35. The van der Waals surface area contributed by atoms with E-state index < -0.39 is 24.1 Å². The standard InChI is InChI=1S/C11H16BClFNO3/c1-10(2,16)11(3,4)18-12(17)7-5-8(14)9(13)15-6-7/h5-6,16-17H,1-4H3. The maximum Gasteiger partial charge on any atom is 0.493 e. The van der Waals surface area contributed by atoms with Crippen molar-refractivity contribution in [2.45, 2.75) is 38.9 Å². The highest BCUT2D eigenvalue weighted by molar-refractivity contribution is 6.60. The summed E-state index contributed by atoms with van der Waals surface area (Å²) in [5, 5.41) is 19.5. The van der Waals surface area contributed by atoms with Crippen molar-refractivity contribution >= 4 is 24.2 Å². The Balaban J connectivity index is 2.89. The third-order valence-corrected chi connectivity index (χ3v) is 3.26. The normalized spacial score (nSPS) is 12.7. The van der Waals surface area contributed by atoms with Crippen molar-refractivity contribution in [1.82, 2.24) is 4.98 Å². The first-order valence-electron chi connectivity index (χ1n) is 5.44. The molecule has 0 saturated heterocycles. The largest absolute Gasteiger partial charge is 0.493 e. The van der Waals surface area contributed by atoms with Gasteiger partial charge in [-0.3, -0.25) is 0 Å². The number of hydrogen-bond donors (Lipinski definition) is 2. The number of nitrogens with zero attached hydrogens (tertiary/aromatic N) is 1. The highest BCUT2D eigenvalue weighted by atomic mass is 35.5. The number of aromatic nitrogens is 1. The van der Waals surface area contributed by atoms with Crippen LogP contribution in [0.2, 0.25) is 5.15 Å². The average Bonchev–Trinajstić information content (AvgIpc) is 2.19. The van der Waals surface area contributed by atoms with Crippen LogP contribution in [0, 0.1) is 5.82 Å². The van der Waals surface area contributed by atoms with Gasteiger partial charge in [0.05, 0.1) is 11.2 Å². The van der Waals surface area contributed by atoms with E-state index in [-0.39, 0.29) is 10.6 Å². The molecule has 0 bridgehead atoms. The van der Waals surface area contributed by atoms with E-state index in [0.717, 1.165) is 6.07 Å². The lowest BCUT2D eigenvalue weighted by molar-refractivity contribution is -0.0982. The van der Waals surface area contributed by atoms with Crippen molar-refractivity contribution in [3.05, 3.63) is 23.2 Å². The maximum atomic E-state index is 13.2. The summed E-state index contributed by atoms with van der Waals surface area (Å²) in [5.41, 5.74) is -2.07. The van der Waals surface area contributed by atoms with Gasteiger partial charge in [0.15, 0.2) is 11.0 Å². The van der Waals surface area contributed by atoms with E-state index in [0.29, 0.717) is 0 Å². The van der Waals surface area contributed by atoms with E-state index >= 15 is 0 Å². The minimum Gasteiger partial charge on any atom is -0.423 e. The molecule has 1 aromatic heterocycles. The fourth-order valence-electron chi connectivity index (χ4n) is 1.06. The summed E-state index contributed by atoms with van der Waals surface area (Å²) in [4.78, 5) is 3.58. The first kappa shape index (κ1) is 15.4. The Bertz CT molecular complexity index is 437. The van der Waals surface area contributed by atoms with Crippen molar-refractivity contribution in [3.8, 4) is 0 Å². The van der Waals surface area contributed by atoms with Gasteiger partial charge in [0, 0.05) is 11.7 Å². The van der Waals surface area contributed by atoms with Crippen molar-refractivity contribution < 1.29 is 19.2 Å². The van der Waals surface area contributed by atoms with E-state index in [1.165, 1.54) is 6.20 Å². The van der Waals surface area contributed by atoms with Crippen LogP contribution < -0.4 is 5.46 Å². The van der Waals surface area contributed by atoms with Gasteiger partial charge in [-0.2, -0.15) is 0 Å². The van der Waals surface area contributed by atoms with Crippen molar-refractivity contribution in [3.63, 3.8) is 0 Å². The summed E-state index contributed by atoms with van der Waals surface area (Å²) in [7, 11) is -1.40. The minimum absolute atomic E-state index is 0.134. The molecule has 0 aliphatic rings. The van der Waals surface area contributed by atoms with Gasteiger partial charge < -0.3 is 14.8 Å². The molecule has 7 heteroatoms. The molecule has 0 unspecified atom stereocenters. The molecule has 2 N–H and O–H groups in total. The predicted molar refractivity (Wildman–Crippen MR) is 68.3 cm³/mol. The van der Waals surface area contributed by atoms with Gasteiger partial charge in [0.1, 0.15) is 0 Å². The van der Waals surface area contributed by atoms with E-state index in [9.17, 15) is 14.5 Å². The first-order chi connectivity index (χ1) is 8.04. The van der Waals surface area contributed by atoms with Gasteiger partial charge in [0.2, 0.25) is 0 Å². The van der Waals surface area contributed by atoms with Crippen LogP contribution in [0.1, 0.15) is 27.7 Å². The van der Waals surface area contributed by atoms with Crippen LogP contribution in [0.4, 0.5) is 4.39 Å². The molecule has 0 atom stereocenters. The molecular formula is C11H16BClFNO3.